The van der Waals surface area contributed by atoms with Crippen molar-refractivity contribution in [3.63, 3.8) is 0 Å². The summed E-state index contributed by atoms with van der Waals surface area (Å²) < 4.78 is 51.6. The predicted octanol–water partition coefficient (Wildman–Crippen LogP) is 5.37. The van der Waals surface area contributed by atoms with Gasteiger partial charge in [0.2, 0.25) is 5.91 Å². The number of hydrogen-bond acceptors (Lipinski definition) is 5. The lowest BCUT2D eigenvalue weighted by atomic mass is 9.83. The number of nitrogens with one attached hydrogen (secondary N) is 2. The van der Waals surface area contributed by atoms with Gasteiger partial charge in [-0.05, 0) is 82.6 Å². The van der Waals surface area contributed by atoms with Crippen molar-refractivity contribution in [3.05, 3.63) is 23.3 Å². The number of hydrogen-bond donors (Lipinski definition) is 2. The van der Waals surface area contributed by atoms with Gasteiger partial charge in [0.1, 0.15) is 17.6 Å². The van der Waals surface area contributed by atoms with Crippen molar-refractivity contribution in [1.29, 1.82) is 5.26 Å². The Morgan fingerprint density at radius 2 is 1.72 bits per heavy atom. The minimum atomic E-state index is -4.45. The minimum Gasteiger partial charge on any atom is -0.496 e. The normalized spacial score (nSPS) is 28.5. The van der Waals surface area contributed by atoms with Crippen molar-refractivity contribution >= 4 is 11.8 Å². The summed E-state index contributed by atoms with van der Waals surface area (Å²) in [5.41, 5.74) is -1.61. The van der Waals surface area contributed by atoms with Crippen molar-refractivity contribution in [3.8, 4) is 17.6 Å². The molecule has 1 aromatic carbocycles. The summed E-state index contributed by atoms with van der Waals surface area (Å²) in [6.45, 7) is 3.78. The number of benzene rings is 1. The number of ether oxygens (including phenoxy) is 2. The van der Waals surface area contributed by atoms with Gasteiger partial charge in [0.05, 0.1) is 35.7 Å². The summed E-state index contributed by atoms with van der Waals surface area (Å²) in [4.78, 5) is 26.7. The molecule has 3 aliphatic carbocycles. The van der Waals surface area contributed by atoms with E-state index in [1.165, 1.54) is 19.2 Å². The van der Waals surface area contributed by atoms with E-state index in [2.05, 4.69) is 23.6 Å². The lowest BCUT2D eigenvalue weighted by Gasteiger charge is -2.33. The van der Waals surface area contributed by atoms with Gasteiger partial charge in [-0.3, -0.25) is 9.59 Å². The molecule has 0 aliphatic heterocycles. The van der Waals surface area contributed by atoms with Gasteiger partial charge in [-0.1, -0.05) is 6.92 Å². The van der Waals surface area contributed by atoms with E-state index in [-0.39, 0.29) is 34.8 Å². The van der Waals surface area contributed by atoms with Crippen LogP contribution >= 0.6 is 0 Å². The average Bonchev–Trinajstić information content (AvgIpc) is 3.49. The van der Waals surface area contributed by atoms with E-state index in [4.69, 9.17) is 9.47 Å². The number of rotatable bonds is 8. The number of alkyl halides is 3. The highest BCUT2D eigenvalue weighted by atomic mass is 19.4. The van der Waals surface area contributed by atoms with Gasteiger partial charge < -0.3 is 20.1 Å². The molecule has 2 bridgehead atoms. The molecule has 0 aromatic heterocycles. The Morgan fingerprint density at radius 1 is 1.05 bits per heavy atom. The first-order valence-electron chi connectivity index (χ1n) is 13.8. The number of fused-ring (bicyclic) bond motifs is 2. The molecule has 3 saturated carbocycles. The fourth-order valence-electron chi connectivity index (χ4n) is 6.25. The largest absolute Gasteiger partial charge is 0.496 e. The Labute approximate surface area is 227 Å². The second kappa shape index (κ2) is 11.3. The van der Waals surface area contributed by atoms with E-state index in [1.807, 2.05) is 0 Å². The molecule has 10 heteroatoms. The Morgan fingerprint density at radius 3 is 2.33 bits per heavy atom. The Bertz CT molecular complexity index is 1120. The highest BCUT2D eigenvalue weighted by Crippen LogP contribution is 2.49. The molecule has 2 N–H and O–H groups in total. The minimum absolute atomic E-state index is 0.00440. The second-order valence-electron chi connectivity index (χ2n) is 12.1. The van der Waals surface area contributed by atoms with Crippen LogP contribution < -0.4 is 20.1 Å². The highest BCUT2D eigenvalue weighted by molar-refractivity contribution is 5.98. The SMILES string of the molecule is COc1cc(C#N)c(OC2CCC(C)CC2)cc1C(=O)N[C@@H]1[C@H]2CC[C@H](C2)[C@@H]1C(=O)NCC(C)(C)C(F)(F)F. The number of nitrogens with zero attached hydrogens (tertiary/aromatic N) is 1. The van der Waals surface area contributed by atoms with Gasteiger partial charge in [0.25, 0.3) is 5.91 Å². The standard InChI is InChI=1S/C29H38F3N3O4/c1-16-5-9-20(10-6-16)39-22-13-21(23(38-4)12-19(22)14-33)26(36)35-25-18-8-7-17(11-18)24(25)27(37)34-15-28(2,3)29(30,31)32/h12-13,16-18,20,24-25H,5-11,15H2,1-4H3,(H,34,37)(H,35,36)/t16?,17-,18+,20?,24+,25-/m1/s1. The summed E-state index contributed by atoms with van der Waals surface area (Å²) in [5, 5.41) is 15.2. The van der Waals surface area contributed by atoms with Crippen LogP contribution in [0.15, 0.2) is 12.1 Å². The van der Waals surface area contributed by atoms with Gasteiger partial charge in [-0.2, -0.15) is 18.4 Å². The molecular formula is C29H38F3N3O4. The van der Waals surface area contributed by atoms with Gasteiger partial charge in [0.15, 0.2) is 0 Å². The van der Waals surface area contributed by atoms with Crippen molar-refractivity contribution in [2.75, 3.05) is 13.7 Å². The van der Waals surface area contributed by atoms with Crippen molar-refractivity contribution in [2.24, 2.45) is 29.1 Å². The van der Waals surface area contributed by atoms with Crippen LogP contribution in [0.3, 0.4) is 0 Å². The summed E-state index contributed by atoms with van der Waals surface area (Å²) in [7, 11) is 1.41. The molecule has 4 atom stereocenters. The number of carbonyl (C=O) groups excluding carboxylic acids is 2. The van der Waals surface area contributed by atoms with E-state index in [1.54, 1.807) is 0 Å². The summed E-state index contributed by atoms with van der Waals surface area (Å²) in [6, 6.07) is 4.63. The van der Waals surface area contributed by atoms with Crippen LogP contribution in [-0.4, -0.2) is 43.8 Å². The van der Waals surface area contributed by atoms with Crippen LogP contribution in [0.4, 0.5) is 13.2 Å². The fraction of sp³-hybridized carbons (Fsp3) is 0.690. The summed E-state index contributed by atoms with van der Waals surface area (Å²) >= 11 is 0. The van der Waals surface area contributed by atoms with Crippen LogP contribution in [0.5, 0.6) is 11.5 Å². The molecule has 3 aliphatic rings. The molecule has 0 unspecified atom stereocenters. The maximum Gasteiger partial charge on any atom is 0.395 e. The van der Waals surface area contributed by atoms with E-state index in [0.717, 1.165) is 58.8 Å². The second-order valence-corrected chi connectivity index (χ2v) is 12.1. The molecule has 0 saturated heterocycles. The first kappa shape index (κ1) is 29.0. The zero-order chi connectivity index (χ0) is 28.5. The van der Waals surface area contributed by atoms with Crippen LogP contribution in [0.1, 0.15) is 81.6 Å². The molecule has 0 radical (unpaired) electrons. The van der Waals surface area contributed by atoms with Gasteiger partial charge >= 0.3 is 6.18 Å². The smallest absolute Gasteiger partial charge is 0.395 e. The summed E-state index contributed by atoms with van der Waals surface area (Å²) in [5.74, 6) is -0.314. The van der Waals surface area contributed by atoms with Crippen molar-refractivity contribution < 1.29 is 32.2 Å². The molecule has 2 amide bonds. The third-order valence-corrected chi connectivity index (χ3v) is 8.91. The zero-order valence-corrected chi connectivity index (χ0v) is 23.0. The third-order valence-electron chi connectivity index (χ3n) is 8.91. The third kappa shape index (κ3) is 6.12. The van der Waals surface area contributed by atoms with E-state index < -0.39 is 41.9 Å². The highest BCUT2D eigenvalue weighted by Gasteiger charge is 2.53. The Hall–Kier alpha value is -2.96. The molecule has 0 heterocycles. The molecular weight excluding hydrogens is 511 g/mol. The monoisotopic (exact) mass is 549 g/mol. The average molecular weight is 550 g/mol. The number of halogens is 3. The van der Waals surface area contributed by atoms with Crippen molar-refractivity contribution in [1.82, 2.24) is 10.6 Å². The lowest BCUT2D eigenvalue weighted by Crippen LogP contribution is -2.52. The molecule has 1 aromatic rings. The maximum absolute atomic E-state index is 13.6. The number of amides is 2. The van der Waals surface area contributed by atoms with Crippen LogP contribution in [-0.2, 0) is 4.79 Å². The van der Waals surface area contributed by atoms with Crippen molar-refractivity contribution in [2.45, 2.75) is 84.0 Å². The molecule has 214 valence electrons. The molecule has 7 nitrogen and oxygen atoms in total. The van der Waals surface area contributed by atoms with Gasteiger partial charge in [0, 0.05) is 18.7 Å². The van der Waals surface area contributed by atoms with Crippen LogP contribution in [0.2, 0.25) is 0 Å². The number of carbonyl (C=O) groups is 2. The Kier molecular flexibility index (Phi) is 8.38. The number of methoxy groups -OCH3 is 1. The lowest BCUT2D eigenvalue weighted by molar-refractivity contribution is -0.209. The van der Waals surface area contributed by atoms with Gasteiger partial charge in [-0.15, -0.1) is 0 Å². The fourth-order valence-corrected chi connectivity index (χ4v) is 6.25. The molecule has 39 heavy (non-hydrogen) atoms. The van der Waals surface area contributed by atoms with Crippen LogP contribution in [0, 0.1) is 40.4 Å². The Balaban J connectivity index is 1.52. The zero-order valence-electron chi connectivity index (χ0n) is 23.0. The van der Waals surface area contributed by atoms with E-state index >= 15 is 0 Å². The van der Waals surface area contributed by atoms with E-state index in [9.17, 15) is 28.0 Å². The predicted molar refractivity (Wildman–Crippen MR) is 138 cm³/mol. The molecule has 3 fully saturated rings. The van der Waals surface area contributed by atoms with Crippen LogP contribution in [0.25, 0.3) is 0 Å². The first-order chi connectivity index (χ1) is 18.3. The number of nitriles is 1. The molecule has 0 spiro atoms. The maximum atomic E-state index is 13.6. The first-order valence-corrected chi connectivity index (χ1v) is 13.8. The quantitative estimate of drug-likeness (QED) is 0.454. The van der Waals surface area contributed by atoms with Gasteiger partial charge in [-0.25, -0.2) is 0 Å². The van der Waals surface area contributed by atoms with E-state index in [0.29, 0.717) is 11.7 Å². The molecule has 4 rings (SSSR count). The summed E-state index contributed by atoms with van der Waals surface area (Å²) in [6.07, 6.45) is 1.68. The topological polar surface area (TPSA) is 100 Å².